The van der Waals surface area contributed by atoms with E-state index in [1.165, 1.54) is 0 Å². The van der Waals surface area contributed by atoms with Gasteiger partial charge in [0.15, 0.2) is 0 Å². The van der Waals surface area contributed by atoms with Crippen LogP contribution in [-0.2, 0) is 4.79 Å². The first kappa shape index (κ1) is 17.9. The average Bonchev–Trinajstić information content (AvgIpc) is 2.24. The lowest BCUT2D eigenvalue weighted by Crippen LogP contribution is -2.51. The maximum absolute atomic E-state index is 11.7. The van der Waals surface area contributed by atoms with E-state index in [1.807, 2.05) is 13.8 Å². The molecule has 0 spiro atoms. The normalized spacial score (nSPS) is 15.7. The van der Waals surface area contributed by atoms with Crippen molar-refractivity contribution in [1.29, 1.82) is 0 Å². The van der Waals surface area contributed by atoms with Gasteiger partial charge < -0.3 is 15.7 Å². The van der Waals surface area contributed by atoms with Crippen LogP contribution in [0.4, 0.5) is 4.79 Å². The van der Waals surface area contributed by atoms with Gasteiger partial charge in [-0.3, -0.25) is 10.1 Å². The molecule has 0 aromatic rings. The number of nitrogens with one attached hydrogen (secondary N) is 3. The summed E-state index contributed by atoms with van der Waals surface area (Å²) in [5, 5.41) is 17.7. The van der Waals surface area contributed by atoms with Crippen LogP contribution in [0.2, 0.25) is 0 Å². The van der Waals surface area contributed by atoms with Gasteiger partial charge in [-0.1, -0.05) is 13.8 Å². The van der Waals surface area contributed by atoms with Crippen molar-refractivity contribution in [3.63, 3.8) is 0 Å². The molecule has 0 aliphatic heterocycles. The number of carbonyl (C=O) groups is 2. The van der Waals surface area contributed by atoms with Crippen LogP contribution >= 0.6 is 0 Å². The summed E-state index contributed by atoms with van der Waals surface area (Å²) in [4.78, 5) is 22.8. The number of urea groups is 1. The van der Waals surface area contributed by atoms with Crippen molar-refractivity contribution in [2.24, 2.45) is 5.92 Å². The number of aliphatic hydroxyl groups is 1. The molecule has 0 heterocycles. The van der Waals surface area contributed by atoms with Gasteiger partial charge in [-0.25, -0.2) is 4.79 Å². The summed E-state index contributed by atoms with van der Waals surface area (Å²) in [5.41, 5.74) is -0.867. The largest absolute Gasteiger partial charge is 0.389 e. The fraction of sp³-hybridized carbons (Fsp3) is 0.846. The van der Waals surface area contributed by atoms with E-state index in [4.69, 9.17) is 0 Å². The number of imide groups is 1. The second-order valence-corrected chi connectivity index (χ2v) is 5.55. The summed E-state index contributed by atoms with van der Waals surface area (Å²) >= 11 is 0. The highest BCUT2D eigenvalue weighted by atomic mass is 16.3. The summed E-state index contributed by atoms with van der Waals surface area (Å²) in [6.07, 6.45) is 0.644. The standard InChI is InChI=1S/C13H27N3O3/c1-6-14-12(18)16-11(17)10(4)15-8-13(5,19)7-9(2)3/h9-10,15,19H,6-8H2,1-5H3,(H2,14,16,17,18). The molecule has 0 rings (SSSR count). The molecule has 112 valence electrons. The summed E-state index contributed by atoms with van der Waals surface area (Å²) in [6.45, 7) is 9.97. The zero-order valence-corrected chi connectivity index (χ0v) is 12.5. The van der Waals surface area contributed by atoms with Crippen molar-refractivity contribution >= 4 is 11.9 Å². The minimum Gasteiger partial charge on any atom is -0.389 e. The maximum atomic E-state index is 11.7. The van der Waals surface area contributed by atoms with Crippen LogP contribution in [0.15, 0.2) is 0 Å². The highest BCUT2D eigenvalue weighted by Gasteiger charge is 2.24. The molecule has 2 atom stereocenters. The van der Waals surface area contributed by atoms with E-state index >= 15 is 0 Å². The molecule has 4 N–H and O–H groups in total. The lowest BCUT2D eigenvalue weighted by molar-refractivity contribution is -0.121. The molecule has 0 aliphatic rings. The Balaban J connectivity index is 4.12. The van der Waals surface area contributed by atoms with Crippen LogP contribution in [0.25, 0.3) is 0 Å². The predicted octanol–water partition coefficient (Wildman–Crippen LogP) is 0.607. The van der Waals surface area contributed by atoms with Gasteiger partial charge in [0.2, 0.25) is 5.91 Å². The van der Waals surface area contributed by atoms with Crippen molar-refractivity contribution in [3.8, 4) is 0 Å². The molecular weight excluding hydrogens is 246 g/mol. The Hall–Kier alpha value is -1.14. The molecule has 0 saturated heterocycles. The lowest BCUT2D eigenvalue weighted by atomic mass is 9.94. The van der Waals surface area contributed by atoms with Crippen LogP contribution < -0.4 is 16.0 Å². The minimum absolute atomic E-state index is 0.301. The third kappa shape index (κ3) is 8.56. The Bertz CT molecular complexity index is 304. The first-order chi connectivity index (χ1) is 8.68. The van der Waals surface area contributed by atoms with E-state index in [2.05, 4.69) is 16.0 Å². The molecule has 2 unspecified atom stereocenters. The number of amides is 3. The van der Waals surface area contributed by atoms with Gasteiger partial charge in [0.1, 0.15) is 0 Å². The molecular formula is C13H27N3O3. The van der Waals surface area contributed by atoms with Gasteiger partial charge >= 0.3 is 6.03 Å². The zero-order chi connectivity index (χ0) is 15.1. The number of carbonyl (C=O) groups excluding carboxylic acids is 2. The van der Waals surface area contributed by atoms with E-state index in [0.717, 1.165) is 0 Å². The summed E-state index contributed by atoms with van der Waals surface area (Å²) in [5.74, 6) is -0.0393. The molecule has 0 radical (unpaired) electrons. The van der Waals surface area contributed by atoms with Crippen LogP contribution in [0, 0.1) is 5.92 Å². The highest BCUT2D eigenvalue weighted by molar-refractivity contribution is 5.96. The summed E-state index contributed by atoms with van der Waals surface area (Å²) in [7, 11) is 0. The number of hydrogen-bond acceptors (Lipinski definition) is 4. The number of hydrogen-bond donors (Lipinski definition) is 4. The molecule has 0 aliphatic carbocycles. The van der Waals surface area contributed by atoms with E-state index < -0.39 is 23.6 Å². The molecule has 0 aromatic heterocycles. The SMILES string of the molecule is CCNC(=O)NC(=O)C(C)NCC(C)(O)CC(C)C. The van der Waals surface area contributed by atoms with Crippen molar-refractivity contribution in [1.82, 2.24) is 16.0 Å². The molecule has 6 nitrogen and oxygen atoms in total. The predicted molar refractivity (Wildman–Crippen MR) is 74.8 cm³/mol. The topological polar surface area (TPSA) is 90.5 Å². The van der Waals surface area contributed by atoms with Gasteiger partial charge in [-0.05, 0) is 33.1 Å². The second-order valence-electron chi connectivity index (χ2n) is 5.55. The Morgan fingerprint density at radius 2 is 1.84 bits per heavy atom. The Labute approximate surface area is 115 Å². The van der Waals surface area contributed by atoms with E-state index in [-0.39, 0.29) is 0 Å². The fourth-order valence-corrected chi connectivity index (χ4v) is 1.84. The van der Waals surface area contributed by atoms with Crippen molar-refractivity contribution in [3.05, 3.63) is 0 Å². The zero-order valence-electron chi connectivity index (χ0n) is 12.5. The third-order valence-corrected chi connectivity index (χ3v) is 2.60. The third-order valence-electron chi connectivity index (χ3n) is 2.60. The Kier molecular flexibility index (Phi) is 7.63. The lowest BCUT2D eigenvalue weighted by Gasteiger charge is -2.27. The van der Waals surface area contributed by atoms with Crippen molar-refractivity contribution < 1.29 is 14.7 Å². The summed E-state index contributed by atoms with van der Waals surface area (Å²) in [6, 6.07) is -1.05. The van der Waals surface area contributed by atoms with Gasteiger partial charge in [-0.15, -0.1) is 0 Å². The molecule has 0 bridgehead atoms. The van der Waals surface area contributed by atoms with Gasteiger partial charge in [0.05, 0.1) is 11.6 Å². The minimum atomic E-state index is -0.867. The van der Waals surface area contributed by atoms with Crippen molar-refractivity contribution in [2.45, 2.75) is 52.7 Å². The molecule has 6 heteroatoms. The van der Waals surface area contributed by atoms with E-state index in [9.17, 15) is 14.7 Å². The molecule has 19 heavy (non-hydrogen) atoms. The van der Waals surface area contributed by atoms with Crippen LogP contribution in [0.1, 0.15) is 41.0 Å². The van der Waals surface area contributed by atoms with E-state index in [1.54, 1.807) is 20.8 Å². The van der Waals surface area contributed by atoms with Crippen LogP contribution in [0.5, 0.6) is 0 Å². The Morgan fingerprint density at radius 3 is 2.32 bits per heavy atom. The summed E-state index contributed by atoms with van der Waals surface area (Å²) < 4.78 is 0. The maximum Gasteiger partial charge on any atom is 0.321 e. The van der Waals surface area contributed by atoms with E-state index in [0.29, 0.717) is 25.4 Å². The monoisotopic (exact) mass is 273 g/mol. The van der Waals surface area contributed by atoms with Crippen molar-refractivity contribution in [2.75, 3.05) is 13.1 Å². The van der Waals surface area contributed by atoms with Crippen LogP contribution in [0.3, 0.4) is 0 Å². The Morgan fingerprint density at radius 1 is 1.26 bits per heavy atom. The van der Waals surface area contributed by atoms with Gasteiger partial charge in [0.25, 0.3) is 0 Å². The first-order valence-corrected chi connectivity index (χ1v) is 6.72. The smallest absolute Gasteiger partial charge is 0.321 e. The molecule has 0 aromatic carbocycles. The first-order valence-electron chi connectivity index (χ1n) is 6.72. The number of rotatable bonds is 7. The van der Waals surface area contributed by atoms with Gasteiger partial charge in [0, 0.05) is 13.1 Å². The fourth-order valence-electron chi connectivity index (χ4n) is 1.84. The molecule has 0 saturated carbocycles. The van der Waals surface area contributed by atoms with Crippen LogP contribution in [-0.4, -0.2) is 41.8 Å². The molecule has 0 fully saturated rings. The quantitative estimate of drug-likeness (QED) is 0.547. The van der Waals surface area contributed by atoms with Gasteiger partial charge in [-0.2, -0.15) is 0 Å². The molecule has 3 amide bonds. The highest BCUT2D eigenvalue weighted by Crippen LogP contribution is 2.15. The average molecular weight is 273 g/mol. The second kappa shape index (κ2) is 8.12.